The first-order valence-electron chi connectivity index (χ1n) is 10.1. The summed E-state index contributed by atoms with van der Waals surface area (Å²) in [4.78, 5) is 23.2. The predicted molar refractivity (Wildman–Crippen MR) is 114 cm³/mol. The Kier molecular flexibility index (Phi) is 5.53. The fourth-order valence-corrected chi connectivity index (χ4v) is 5.74. The van der Waals surface area contributed by atoms with Crippen molar-refractivity contribution in [1.82, 2.24) is 15.3 Å². The van der Waals surface area contributed by atoms with E-state index in [-0.39, 0.29) is 21.6 Å². The van der Waals surface area contributed by atoms with Crippen molar-refractivity contribution in [2.75, 3.05) is 18.0 Å². The van der Waals surface area contributed by atoms with Crippen molar-refractivity contribution in [3.63, 3.8) is 0 Å². The third-order valence-corrected chi connectivity index (χ3v) is 6.79. The van der Waals surface area contributed by atoms with Crippen LogP contribution in [0.4, 0.5) is 23.8 Å². The molecule has 1 amide bonds. The van der Waals surface area contributed by atoms with E-state index < -0.39 is 24.3 Å². The van der Waals surface area contributed by atoms with Gasteiger partial charge in [-0.1, -0.05) is 0 Å². The van der Waals surface area contributed by atoms with Crippen LogP contribution in [0.15, 0.2) is 6.07 Å². The fourth-order valence-electron chi connectivity index (χ4n) is 4.47. The lowest BCUT2D eigenvalue weighted by Gasteiger charge is -2.45. The molecule has 0 bridgehead atoms. The number of amides is 1. The van der Waals surface area contributed by atoms with Crippen LogP contribution in [-0.4, -0.2) is 47.0 Å². The molecule has 1 saturated heterocycles. The Labute approximate surface area is 187 Å². The topological polar surface area (TPSA) is 67.3 Å². The van der Waals surface area contributed by atoms with Gasteiger partial charge in [0.25, 0.3) is 0 Å². The summed E-state index contributed by atoms with van der Waals surface area (Å²) in [7, 11) is 0. The number of rotatable bonds is 3. The molecule has 1 N–H and O–H groups in total. The van der Waals surface area contributed by atoms with Crippen LogP contribution >= 0.6 is 22.9 Å². The van der Waals surface area contributed by atoms with E-state index in [4.69, 9.17) is 16.3 Å². The Morgan fingerprint density at radius 3 is 2.71 bits per heavy atom. The Morgan fingerprint density at radius 2 is 2.06 bits per heavy atom. The zero-order chi connectivity index (χ0) is 22.6. The van der Waals surface area contributed by atoms with Gasteiger partial charge in [0, 0.05) is 24.0 Å². The Balaban J connectivity index is 1.44. The minimum atomic E-state index is -4.28. The van der Waals surface area contributed by atoms with Crippen molar-refractivity contribution >= 4 is 45.1 Å². The molecule has 0 radical (unpaired) electrons. The Bertz CT molecular complexity index is 999. The van der Waals surface area contributed by atoms with Crippen LogP contribution in [0.25, 0.3) is 10.2 Å². The molecule has 170 valence electrons. The molecule has 0 atom stereocenters. The lowest BCUT2D eigenvalue weighted by molar-refractivity contribution is -0.126. The van der Waals surface area contributed by atoms with Gasteiger partial charge >= 0.3 is 12.3 Å². The van der Waals surface area contributed by atoms with E-state index in [0.717, 1.165) is 37.1 Å². The maximum atomic E-state index is 12.8. The lowest BCUT2D eigenvalue weighted by atomic mass is 9.65. The number of carbonyl (C=O) groups is 1. The molecule has 1 aliphatic carbocycles. The number of nitrogens with zero attached hydrogens (tertiary/aromatic N) is 3. The molecule has 2 aliphatic rings. The van der Waals surface area contributed by atoms with Crippen molar-refractivity contribution in [2.45, 2.75) is 64.3 Å². The third-order valence-electron chi connectivity index (χ3n) is 5.59. The monoisotopic (exact) mass is 476 g/mol. The molecule has 6 nitrogen and oxygen atoms in total. The van der Waals surface area contributed by atoms with Crippen LogP contribution in [0, 0.1) is 5.41 Å². The first-order chi connectivity index (χ1) is 14.3. The molecule has 2 aromatic rings. The zero-order valence-electron chi connectivity index (χ0n) is 17.5. The summed E-state index contributed by atoms with van der Waals surface area (Å²) in [5.41, 5.74) is -0.493. The van der Waals surface area contributed by atoms with Crippen molar-refractivity contribution in [1.29, 1.82) is 0 Å². The highest BCUT2D eigenvalue weighted by atomic mass is 35.5. The van der Waals surface area contributed by atoms with Gasteiger partial charge in [-0.3, -0.25) is 0 Å². The SMILES string of the molecule is CC(C)(C)OC(=O)NC1CC2(CCN(c3nc(Cl)nc4sc(CC(F)(F)F)cc34)C2)C1. The molecule has 1 saturated carbocycles. The predicted octanol–water partition coefficient (Wildman–Crippen LogP) is 5.33. The number of fused-ring (bicyclic) bond motifs is 1. The van der Waals surface area contributed by atoms with E-state index in [1.54, 1.807) is 0 Å². The molecule has 3 heterocycles. The fraction of sp³-hybridized carbons (Fsp3) is 0.650. The van der Waals surface area contributed by atoms with Gasteiger partial charge in [-0.2, -0.15) is 18.2 Å². The molecule has 31 heavy (non-hydrogen) atoms. The second kappa shape index (κ2) is 7.65. The van der Waals surface area contributed by atoms with Crippen LogP contribution < -0.4 is 10.2 Å². The van der Waals surface area contributed by atoms with Crippen LogP contribution in [0.3, 0.4) is 0 Å². The van der Waals surface area contributed by atoms with E-state index >= 15 is 0 Å². The number of thiophene rings is 1. The summed E-state index contributed by atoms with van der Waals surface area (Å²) < 4.78 is 43.8. The number of hydrogen-bond donors (Lipinski definition) is 1. The maximum Gasteiger partial charge on any atom is 0.407 e. The quantitative estimate of drug-likeness (QED) is 0.606. The molecule has 11 heteroatoms. The number of nitrogens with one attached hydrogen (secondary N) is 1. The van der Waals surface area contributed by atoms with Gasteiger partial charge < -0.3 is 15.0 Å². The zero-order valence-corrected chi connectivity index (χ0v) is 19.0. The normalized spacial score (nSPS) is 24.0. The summed E-state index contributed by atoms with van der Waals surface area (Å²) in [5, 5.41) is 3.55. The first-order valence-corrected chi connectivity index (χ1v) is 11.3. The summed E-state index contributed by atoms with van der Waals surface area (Å²) in [6, 6.07) is 1.58. The van der Waals surface area contributed by atoms with E-state index in [1.807, 2.05) is 20.8 Å². The summed E-state index contributed by atoms with van der Waals surface area (Å²) in [5.74, 6) is 0.583. The molecule has 0 unspecified atom stereocenters. The molecular formula is C20H24ClF3N4O2S. The van der Waals surface area contributed by atoms with Crippen LogP contribution in [0.2, 0.25) is 5.28 Å². The molecule has 4 rings (SSSR count). The van der Waals surface area contributed by atoms with Crippen LogP contribution in [-0.2, 0) is 11.2 Å². The van der Waals surface area contributed by atoms with Crippen molar-refractivity contribution in [2.24, 2.45) is 5.41 Å². The average Bonchev–Trinajstić information content (AvgIpc) is 3.14. The molecule has 0 aromatic carbocycles. The number of alkyl halides is 3. The molecular weight excluding hydrogens is 453 g/mol. The summed E-state index contributed by atoms with van der Waals surface area (Å²) in [6.07, 6.45) is -3.11. The van der Waals surface area contributed by atoms with E-state index in [9.17, 15) is 18.0 Å². The van der Waals surface area contributed by atoms with Gasteiger partial charge in [0.2, 0.25) is 5.28 Å². The number of aromatic nitrogens is 2. The molecule has 1 aliphatic heterocycles. The van der Waals surface area contributed by atoms with Crippen LogP contribution in [0.5, 0.6) is 0 Å². The summed E-state index contributed by atoms with van der Waals surface area (Å²) >= 11 is 7.07. The maximum absolute atomic E-state index is 12.8. The number of hydrogen-bond acceptors (Lipinski definition) is 6. The van der Waals surface area contributed by atoms with Gasteiger partial charge in [-0.05, 0) is 63.1 Å². The molecule has 2 aromatic heterocycles. The van der Waals surface area contributed by atoms with Crippen LogP contribution in [0.1, 0.15) is 44.9 Å². The average molecular weight is 477 g/mol. The van der Waals surface area contributed by atoms with Crippen molar-refractivity contribution in [3.05, 3.63) is 16.2 Å². The van der Waals surface area contributed by atoms with E-state index in [1.165, 1.54) is 6.07 Å². The van der Waals surface area contributed by atoms with Gasteiger partial charge in [0.1, 0.15) is 16.2 Å². The minimum absolute atomic E-state index is 0.0296. The number of alkyl carbamates (subject to hydrolysis) is 1. The highest BCUT2D eigenvalue weighted by molar-refractivity contribution is 7.18. The Hall–Kier alpha value is -1.81. The third kappa shape index (κ3) is 5.16. The minimum Gasteiger partial charge on any atom is -0.444 e. The van der Waals surface area contributed by atoms with Crippen molar-refractivity contribution in [3.8, 4) is 0 Å². The lowest BCUT2D eigenvalue weighted by Crippen LogP contribution is -2.52. The summed E-state index contributed by atoms with van der Waals surface area (Å²) in [6.45, 7) is 6.91. The van der Waals surface area contributed by atoms with E-state index in [2.05, 4.69) is 20.2 Å². The number of anilines is 1. The van der Waals surface area contributed by atoms with Crippen molar-refractivity contribution < 1.29 is 22.7 Å². The second-order valence-corrected chi connectivity index (χ2v) is 10.9. The smallest absolute Gasteiger partial charge is 0.407 e. The standard InChI is InChI=1S/C20H24ClF3N4O2S/c1-18(2,3)30-17(29)25-11-7-19(8-11)4-5-28(10-19)14-13-6-12(9-20(22,23)24)31-15(13)27-16(21)26-14/h6,11H,4-5,7-10H2,1-3H3,(H,25,29). The van der Waals surface area contributed by atoms with Gasteiger partial charge in [-0.25, -0.2) is 9.78 Å². The van der Waals surface area contributed by atoms with Gasteiger partial charge in [-0.15, -0.1) is 11.3 Å². The second-order valence-electron chi connectivity index (χ2n) is 9.46. The molecule has 2 fully saturated rings. The first kappa shape index (κ1) is 22.4. The Morgan fingerprint density at radius 1 is 1.35 bits per heavy atom. The highest BCUT2D eigenvalue weighted by Crippen LogP contribution is 2.50. The van der Waals surface area contributed by atoms with Gasteiger partial charge in [0.05, 0.1) is 11.8 Å². The number of halogens is 4. The van der Waals surface area contributed by atoms with E-state index in [0.29, 0.717) is 22.6 Å². The van der Waals surface area contributed by atoms with Gasteiger partial charge in [0.15, 0.2) is 0 Å². The highest BCUT2D eigenvalue weighted by Gasteiger charge is 2.49. The largest absolute Gasteiger partial charge is 0.444 e. The number of carbonyl (C=O) groups excluding carboxylic acids is 1. The number of ether oxygens (including phenoxy) is 1. The molecule has 1 spiro atoms.